The normalized spacial score (nSPS) is 14.6. The van der Waals surface area contributed by atoms with Crippen LogP contribution in [-0.2, 0) is 11.2 Å². The number of carbonyl (C=O) groups excluding carboxylic acids is 2. The summed E-state index contributed by atoms with van der Waals surface area (Å²) in [5.41, 5.74) is 1.79. The SMILES string of the molecule is COC(=O)c1ccc(Br)c2c1CCCNC2=O. The number of carbonyl (C=O) groups is 2. The molecule has 0 radical (unpaired) electrons. The Morgan fingerprint density at radius 2 is 2.24 bits per heavy atom. The maximum absolute atomic E-state index is 11.9. The second-order valence-corrected chi connectivity index (χ2v) is 4.65. The van der Waals surface area contributed by atoms with Crippen molar-refractivity contribution in [1.29, 1.82) is 0 Å². The van der Waals surface area contributed by atoms with Gasteiger partial charge < -0.3 is 10.1 Å². The van der Waals surface area contributed by atoms with Crippen LogP contribution < -0.4 is 5.32 Å². The lowest BCUT2D eigenvalue weighted by atomic mass is 9.97. The molecule has 0 aliphatic carbocycles. The van der Waals surface area contributed by atoms with Gasteiger partial charge in [0.1, 0.15) is 0 Å². The van der Waals surface area contributed by atoms with Crippen molar-refractivity contribution in [3.63, 3.8) is 0 Å². The highest BCUT2D eigenvalue weighted by Gasteiger charge is 2.23. The molecule has 1 heterocycles. The number of nitrogens with one attached hydrogen (secondary N) is 1. The summed E-state index contributed by atoms with van der Waals surface area (Å²) in [6.07, 6.45) is 1.51. The van der Waals surface area contributed by atoms with Gasteiger partial charge in [0.25, 0.3) is 5.91 Å². The second kappa shape index (κ2) is 4.87. The number of hydrogen-bond donors (Lipinski definition) is 1. The summed E-state index contributed by atoms with van der Waals surface area (Å²) in [5.74, 6) is -0.543. The van der Waals surface area contributed by atoms with Crippen molar-refractivity contribution in [2.75, 3.05) is 13.7 Å². The third-order valence-corrected chi connectivity index (χ3v) is 3.44. The Morgan fingerprint density at radius 1 is 1.47 bits per heavy atom. The molecule has 2 rings (SSSR count). The van der Waals surface area contributed by atoms with Crippen LogP contribution in [0.25, 0.3) is 0 Å². The second-order valence-electron chi connectivity index (χ2n) is 3.80. The van der Waals surface area contributed by atoms with Gasteiger partial charge in [-0.2, -0.15) is 0 Å². The van der Waals surface area contributed by atoms with Gasteiger partial charge in [-0.3, -0.25) is 4.79 Å². The highest BCUT2D eigenvalue weighted by molar-refractivity contribution is 9.10. The van der Waals surface area contributed by atoms with Gasteiger partial charge in [0.2, 0.25) is 0 Å². The summed E-state index contributed by atoms with van der Waals surface area (Å²) >= 11 is 3.35. The van der Waals surface area contributed by atoms with Crippen molar-refractivity contribution < 1.29 is 14.3 Å². The molecule has 0 spiro atoms. The molecule has 1 aliphatic rings. The lowest BCUT2D eigenvalue weighted by Gasteiger charge is -2.11. The number of amides is 1. The largest absolute Gasteiger partial charge is 0.465 e. The van der Waals surface area contributed by atoms with E-state index in [4.69, 9.17) is 4.74 Å². The standard InChI is InChI=1S/C12H12BrNO3/c1-17-12(16)8-4-5-9(13)10-7(8)3-2-6-14-11(10)15/h4-5H,2-3,6H2,1H3,(H,14,15). The maximum Gasteiger partial charge on any atom is 0.338 e. The van der Waals surface area contributed by atoms with Crippen LogP contribution in [0.15, 0.2) is 16.6 Å². The molecule has 0 saturated carbocycles. The van der Waals surface area contributed by atoms with E-state index in [2.05, 4.69) is 21.2 Å². The van der Waals surface area contributed by atoms with Crippen molar-refractivity contribution in [3.8, 4) is 0 Å². The minimum Gasteiger partial charge on any atom is -0.465 e. The minimum atomic E-state index is -0.400. The van der Waals surface area contributed by atoms with E-state index >= 15 is 0 Å². The van der Waals surface area contributed by atoms with Crippen molar-refractivity contribution in [2.24, 2.45) is 0 Å². The van der Waals surface area contributed by atoms with Gasteiger partial charge >= 0.3 is 5.97 Å². The number of methoxy groups -OCH3 is 1. The molecule has 0 fully saturated rings. The van der Waals surface area contributed by atoms with Crippen molar-refractivity contribution in [3.05, 3.63) is 33.3 Å². The van der Waals surface area contributed by atoms with E-state index in [1.165, 1.54) is 7.11 Å². The number of fused-ring (bicyclic) bond motifs is 1. The highest BCUT2D eigenvalue weighted by Crippen LogP contribution is 2.27. The van der Waals surface area contributed by atoms with E-state index < -0.39 is 5.97 Å². The minimum absolute atomic E-state index is 0.143. The van der Waals surface area contributed by atoms with Gasteiger partial charge in [0.15, 0.2) is 0 Å². The number of rotatable bonds is 1. The van der Waals surface area contributed by atoms with Crippen molar-refractivity contribution in [1.82, 2.24) is 5.32 Å². The molecule has 0 bridgehead atoms. The highest BCUT2D eigenvalue weighted by atomic mass is 79.9. The van der Waals surface area contributed by atoms with E-state index in [1.807, 2.05) is 0 Å². The fraction of sp³-hybridized carbons (Fsp3) is 0.333. The average molecular weight is 298 g/mol. The van der Waals surface area contributed by atoms with Crippen LogP contribution in [0.5, 0.6) is 0 Å². The molecule has 0 unspecified atom stereocenters. The molecule has 1 aromatic carbocycles. The third kappa shape index (κ3) is 2.20. The first kappa shape index (κ1) is 12.1. The van der Waals surface area contributed by atoms with Gasteiger partial charge in [-0.05, 0) is 46.5 Å². The zero-order valence-electron chi connectivity index (χ0n) is 9.38. The summed E-state index contributed by atoms with van der Waals surface area (Å²) < 4.78 is 5.44. The Balaban J connectivity index is 2.62. The molecule has 1 N–H and O–H groups in total. The molecule has 5 heteroatoms. The number of esters is 1. The number of benzene rings is 1. The number of halogens is 1. The molecule has 0 atom stereocenters. The Labute approximate surface area is 107 Å². The molecule has 0 aromatic heterocycles. The predicted molar refractivity (Wildman–Crippen MR) is 66.1 cm³/mol. The smallest absolute Gasteiger partial charge is 0.338 e. The Kier molecular flexibility index (Phi) is 3.47. The van der Waals surface area contributed by atoms with E-state index in [0.29, 0.717) is 28.6 Å². The third-order valence-electron chi connectivity index (χ3n) is 2.78. The molecule has 1 aliphatic heterocycles. The molecule has 90 valence electrons. The maximum atomic E-state index is 11.9. The molecular formula is C12H12BrNO3. The quantitative estimate of drug-likeness (QED) is 0.806. The average Bonchev–Trinajstić information content (AvgIpc) is 2.52. The van der Waals surface area contributed by atoms with Crippen LogP contribution in [0.3, 0.4) is 0 Å². The Morgan fingerprint density at radius 3 is 2.94 bits per heavy atom. The van der Waals surface area contributed by atoms with Crippen molar-refractivity contribution in [2.45, 2.75) is 12.8 Å². The van der Waals surface area contributed by atoms with E-state index in [-0.39, 0.29) is 5.91 Å². The van der Waals surface area contributed by atoms with Crippen LogP contribution in [0, 0.1) is 0 Å². The van der Waals surface area contributed by atoms with Crippen LogP contribution in [-0.4, -0.2) is 25.5 Å². The first-order valence-electron chi connectivity index (χ1n) is 5.33. The summed E-state index contributed by atoms with van der Waals surface area (Å²) in [6, 6.07) is 3.39. The summed E-state index contributed by atoms with van der Waals surface area (Å²) in [7, 11) is 1.34. The molecule has 4 nitrogen and oxygen atoms in total. The molecule has 1 aromatic rings. The van der Waals surface area contributed by atoms with Crippen molar-refractivity contribution >= 4 is 27.8 Å². The predicted octanol–water partition coefficient (Wildman–Crippen LogP) is 1.91. The Bertz CT molecular complexity index is 485. The van der Waals surface area contributed by atoms with Gasteiger partial charge in [-0.15, -0.1) is 0 Å². The lowest BCUT2D eigenvalue weighted by molar-refractivity contribution is 0.0599. The molecule has 0 saturated heterocycles. The summed E-state index contributed by atoms with van der Waals surface area (Å²) in [4.78, 5) is 23.5. The fourth-order valence-corrected chi connectivity index (χ4v) is 2.53. The van der Waals surface area contributed by atoms with Crippen LogP contribution >= 0.6 is 15.9 Å². The van der Waals surface area contributed by atoms with Gasteiger partial charge in [0, 0.05) is 11.0 Å². The molecular weight excluding hydrogens is 286 g/mol. The Hall–Kier alpha value is -1.36. The van der Waals surface area contributed by atoms with Gasteiger partial charge in [0.05, 0.1) is 18.2 Å². The topological polar surface area (TPSA) is 55.4 Å². The zero-order chi connectivity index (χ0) is 12.4. The van der Waals surface area contributed by atoms with E-state index in [1.54, 1.807) is 12.1 Å². The number of ether oxygens (including phenoxy) is 1. The molecule has 1 amide bonds. The van der Waals surface area contributed by atoms with Crippen LogP contribution in [0.1, 0.15) is 32.7 Å². The van der Waals surface area contributed by atoms with Crippen LogP contribution in [0.2, 0.25) is 0 Å². The lowest BCUT2D eigenvalue weighted by Crippen LogP contribution is -2.23. The first-order chi connectivity index (χ1) is 8.15. The van der Waals surface area contributed by atoms with E-state index in [9.17, 15) is 9.59 Å². The van der Waals surface area contributed by atoms with Gasteiger partial charge in [-0.1, -0.05) is 0 Å². The number of hydrogen-bond acceptors (Lipinski definition) is 3. The summed E-state index contributed by atoms with van der Waals surface area (Å²) in [6.45, 7) is 0.626. The molecule has 17 heavy (non-hydrogen) atoms. The summed E-state index contributed by atoms with van der Waals surface area (Å²) in [5, 5.41) is 2.80. The zero-order valence-corrected chi connectivity index (χ0v) is 11.0. The van der Waals surface area contributed by atoms with E-state index in [0.717, 1.165) is 12.0 Å². The fourth-order valence-electron chi connectivity index (χ4n) is 1.98. The van der Waals surface area contributed by atoms with Gasteiger partial charge in [-0.25, -0.2) is 4.79 Å². The van der Waals surface area contributed by atoms with Crippen LogP contribution in [0.4, 0.5) is 0 Å². The first-order valence-corrected chi connectivity index (χ1v) is 6.12. The monoisotopic (exact) mass is 297 g/mol.